The summed E-state index contributed by atoms with van der Waals surface area (Å²) in [6.45, 7) is 2.83. The van der Waals surface area contributed by atoms with Crippen molar-refractivity contribution >= 4 is 23.6 Å². The molecule has 5 nitrogen and oxygen atoms in total. The van der Waals surface area contributed by atoms with Gasteiger partial charge in [0.1, 0.15) is 17.6 Å². The average molecular weight is 509 g/mol. The van der Waals surface area contributed by atoms with E-state index in [2.05, 4.69) is 5.32 Å². The quantitative estimate of drug-likeness (QED) is 0.343. The smallest absolute Gasteiger partial charge is 0.243 e. The van der Waals surface area contributed by atoms with Gasteiger partial charge in [-0.25, -0.2) is 4.39 Å². The van der Waals surface area contributed by atoms with Gasteiger partial charge in [-0.3, -0.25) is 9.59 Å². The number of methoxy groups -OCH3 is 1. The second-order valence-corrected chi connectivity index (χ2v) is 9.47. The topological polar surface area (TPSA) is 58.6 Å². The molecule has 0 radical (unpaired) electrons. The number of amides is 2. The highest BCUT2D eigenvalue weighted by Gasteiger charge is 2.30. The molecule has 0 fully saturated rings. The van der Waals surface area contributed by atoms with Crippen molar-refractivity contribution in [1.29, 1.82) is 0 Å². The second-order valence-electron chi connectivity index (χ2n) is 8.49. The summed E-state index contributed by atoms with van der Waals surface area (Å²) in [6.07, 6.45) is 1.22. The number of ether oxygens (including phenoxy) is 1. The number of hydrogen-bond acceptors (Lipinski definition) is 4. The fraction of sp³-hybridized carbons (Fsp3) is 0.310. The van der Waals surface area contributed by atoms with Gasteiger partial charge in [-0.2, -0.15) is 0 Å². The van der Waals surface area contributed by atoms with Crippen LogP contribution >= 0.6 is 11.8 Å². The Kier molecular flexibility index (Phi) is 10.8. The largest absolute Gasteiger partial charge is 0.497 e. The molecule has 7 heteroatoms. The Balaban J connectivity index is 1.84. The number of carbonyl (C=O) groups is 2. The predicted octanol–water partition coefficient (Wildman–Crippen LogP) is 5.23. The number of rotatable bonds is 13. The van der Waals surface area contributed by atoms with E-state index < -0.39 is 6.04 Å². The third kappa shape index (κ3) is 8.41. The highest BCUT2D eigenvalue weighted by Crippen LogP contribution is 2.20. The highest BCUT2D eigenvalue weighted by molar-refractivity contribution is 7.99. The molecule has 0 unspecified atom stereocenters. The van der Waals surface area contributed by atoms with Crippen molar-refractivity contribution < 1.29 is 18.7 Å². The Bertz CT molecular complexity index is 1110. The van der Waals surface area contributed by atoms with Crippen molar-refractivity contribution in [2.45, 2.75) is 38.1 Å². The van der Waals surface area contributed by atoms with Crippen LogP contribution in [0.2, 0.25) is 0 Å². The van der Waals surface area contributed by atoms with Crippen molar-refractivity contribution in [2.75, 3.05) is 19.4 Å². The van der Waals surface area contributed by atoms with E-state index in [-0.39, 0.29) is 29.9 Å². The van der Waals surface area contributed by atoms with Crippen molar-refractivity contribution in [1.82, 2.24) is 10.2 Å². The van der Waals surface area contributed by atoms with Gasteiger partial charge in [0, 0.05) is 25.3 Å². The van der Waals surface area contributed by atoms with Crippen LogP contribution in [0.25, 0.3) is 0 Å². The summed E-state index contributed by atoms with van der Waals surface area (Å²) in [6, 6.07) is 22.9. The zero-order valence-corrected chi connectivity index (χ0v) is 21.6. The first-order valence-corrected chi connectivity index (χ1v) is 13.2. The molecule has 2 amide bonds. The first kappa shape index (κ1) is 27.3. The van der Waals surface area contributed by atoms with Crippen LogP contribution in [0, 0.1) is 5.82 Å². The van der Waals surface area contributed by atoms with Gasteiger partial charge in [0.15, 0.2) is 0 Å². The molecule has 0 bridgehead atoms. The third-order valence-corrected chi connectivity index (χ3v) is 6.70. The molecule has 0 saturated carbocycles. The number of nitrogens with one attached hydrogen (secondary N) is 1. The van der Waals surface area contributed by atoms with Crippen molar-refractivity contribution in [2.24, 2.45) is 0 Å². The standard InChI is InChI=1S/C29H33FN2O3S/c1-3-16-31-29(34)27(18-22-8-5-4-6-9-22)32(19-24-10-7-11-26(17-24)35-2)28(33)21-36-20-23-12-14-25(30)15-13-23/h4-15,17,27H,3,16,18-21H2,1-2H3,(H,31,34)/t27-/m0/s1. The molecule has 0 aromatic heterocycles. The molecule has 3 rings (SSSR count). The van der Waals surface area contributed by atoms with Crippen LogP contribution in [0.4, 0.5) is 4.39 Å². The minimum Gasteiger partial charge on any atom is -0.497 e. The Labute approximate surface area is 217 Å². The fourth-order valence-corrected chi connectivity index (χ4v) is 4.68. The third-order valence-electron chi connectivity index (χ3n) is 5.71. The number of hydrogen-bond donors (Lipinski definition) is 1. The van der Waals surface area contributed by atoms with E-state index in [1.54, 1.807) is 24.1 Å². The molecule has 1 atom stereocenters. The van der Waals surface area contributed by atoms with Crippen LogP contribution in [-0.2, 0) is 28.3 Å². The zero-order chi connectivity index (χ0) is 25.8. The van der Waals surface area contributed by atoms with Crippen LogP contribution in [0.1, 0.15) is 30.0 Å². The lowest BCUT2D eigenvalue weighted by Crippen LogP contribution is -2.51. The molecule has 36 heavy (non-hydrogen) atoms. The maximum absolute atomic E-state index is 13.6. The predicted molar refractivity (Wildman–Crippen MR) is 143 cm³/mol. The van der Waals surface area contributed by atoms with Gasteiger partial charge in [-0.05, 0) is 47.4 Å². The van der Waals surface area contributed by atoms with E-state index >= 15 is 0 Å². The van der Waals surface area contributed by atoms with Crippen LogP contribution < -0.4 is 10.1 Å². The van der Waals surface area contributed by atoms with Crippen LogP contribution in [-0.4, -0.2) is 42.2 Å². The highest BCUT2D eigenvalue weighted by atomic mass is 32.2. The van der Waals surface area contributed by atoms with Crippen molar-refractivity contribution in [3.05, 3.63) is 101 Å². The Morgan fingerprint density at radius 2 is 1.69 bits per heavy atom. The molecule has 0 aliphatic carbocycles. The molecule has 3 aromatic rings. The van der Waals surface area contributed by atoms with Gasteiger partial charge < -0.3 is 15.0 Å². The SMILES string of the molecule is CCCNC(=O)[C@H](Cc1ccccc1)N(Cc1cccc(OC)c1)C(=O)CSCc1ccc(F)cc1. The first-order valence-electron chi connectivity index (χ1n) is 12.1. The van der Waals surface area contributed by atoms with Crippen LogP contribution in [0.15, 0.2) is 78.9 Å². The lowest BCUT2D eigenvalue weighted by molar-refractivity contribution is -0.139. The molecule has 3 aromatic carbocycles. The fourth-order valence-electron chi connectivity index (χ4n) is 3.81. The lowest BCUT2D eigenvalue weighted by Gasteiger charge is -2.31. The molecule has 1 N–H and O–H groups in total. The van der Waals surface area contributed by atoms with Gasteiger partial charge in [-0.1, -0.05) is 61.5 Å². The van der Waals surface area contributed by atoms with Gasteiger partial charge in [0.05, 0.1) is 12.9 Å². The number of halogens is 1. The molecule has 0 aliphatic rings. The summed E-state index contributed by atoms with van der Waals surface area (Å²) in [4.78, 5) is 28.6. The average Bonchev–Trinajstić information content (AvgIpc) is 2.91. The summed E-state index contributed by atoms with van der Waals surface area (Å²) in [7, 11) is 1.60. The summed E-state index contributed by atoms with van der Waals surface area (Å²) in [5.41, 5.74) is 2.80. The van der Waals surface area contributed by atoms with Crippen molar-refractivity contribution in [3.63, 3.8) is 0 Å². The van der Waals surface area contributed by atoms with Crippen LogP contribution in [0.3, 0.4) is 0 Å². The van der Waals surface area contributed by atoms with Crippen LogP contribution in [0.5, 0.6) is 5.75 Å². The summed E-state index contributed by atoms with van der Waals surface area (Å²) >= 11 is 1.45. The van der Waals surface area contributed by atoms with E-state index in [9.17, 15) is 14.0 Å². The summed E-state index contributed by atoms with van der Waals surface area (Å²) in [5.74, 6) is 0.891. The second kappa shape index (κ2) is 14.3. The van der Waals surface area contributed by atoms with E-state index in [0.717, 1.165) is 23.1 Å². The van der Waals surface area contributed by atoms with Crippen molar-refractivity contribution in [3.8, 4) is 5.75 Å². The number of nitrogens with zero attached hydrogens (tertiary/aromatic N) is 1. The molecule has 0 saturated heterocycles. The molecular formula is C29H33FN2O3S. The van der Waals surface area contributed by atoms with E-state index in [1.165, 1.54) is 23.9 Å². The Morgan fingerprint density at radius 1 is 0.972 bits per heavy atom. The van der Waals surface area contributed by atoms with E-state index in [4.69, 9.17) is 4.74 Å². The zero-order valence-electron chi connectivity index (χ0n) is 20.8. The molecule has 0 spiro atoms. The van der Waals surface area contributed by atoms with Gasteiger partial charge in [-0.15, -0.1) is 11.8 Å². The lowest BCUT2D eigenvalue weighted by atomic mass is 10.0. The number of thioether (sulfide) groups is 1. The summed E-state index contributed by atoms with van der Waals surface area (Å²) < 4.78 is 18.6. The number of benzene rings is 3. The van der Waals surface area contributed by atoms with Gasteiger partial charge >= 0.3 is 0 Å². The molecule has 190 valence electrons. The van der Waals surface area contributed by atoms with Gasteiger partial charge in [0.2, 0.25) is 11.8 Å². The Hall–Kier alpha value is -3.32. The van der Waals surface area contributed by atoms with E-state index in [0.29, 0.717) is 24.5 Å². The molecule has 0 aliphatic heterocycles. The summed E-state index contributed by atoms with van der Waals surface area (Å²) in [5, 5.41) is 2.98. The normalized spacial score (nSPS) is 11.5. The molecular weight excluding hydrogens is 475 g/mol. The maximum Gasteiger partial charge on any atom is 0.243 e. The number of carbonyl (C=O) groups excluding carboxylic acids is 2. The first-order chi connectivity index (χ1) is 17.5. The van der Waals surface area contributed by atoms with Gasteiger partial charge in [0.25, 0.3) is 0 Å². The minimum atomic E-state index is -0.663. The monoisotopic (exact) mass is 508 g/mol. The maximum atomic E-state index is 13.6. The van der Waals surface area contributed by atoms with E-state index in [1.807, 2.05) is 61.5 Å². The Morgan fingerprint density at radius 3 is 2.39 bits per heavy atom. The minimum absolute atomic E-state index is 0.127. The molecule has 0 heterocycles.